The van der Waals surface area contributed by atoms with Crippen LogP contribution >= 0.6 is 0 Å². The molecule has 4 rings (SSSR count). The predicted molar refractivity (Wildman–Crippen MR) is 99.8 cm³/mol. The quantitative estimate of drug-likeness (QED) is 0.591. The molecule has 122 valence electrons. The molecule has 1 N–H and O–H groups in total. The third kappa shape index (κ3) is 2.33. The van der Waals surface area contributed by atoms with Gasteiger partial charge >= 0.3 is 0 Å². The monoisotopic (exact) mass is 327 g/mol. The highest BCUT2D eigenvalue weighted by Crippen LogP contribution is 2.29. The Morgan fingerprint density at radius 3 is 2.56 bits per heavy atom. The van der Waals surface area contributed by atoms with E-state index in [1.807, 2.05) is 59.1 Å². The van der Waals surface area contributed by atoms with E-state index in [1.165, 1.54) is 0 Å². The van der Waals surface area contributed by atoms with Crippen molar-refractivity contribution in [2.24, 2.45) is 0 Å². The van der Waals surface area contributed by atoms with Crippen LogP contribution in [0.2, 0.25) is 0 Å². The Morgan fingerprint density at radius 1 is 1.12 bits per heavy atom. The molecular weight excluding hydrogens is 310 g/mol. The lowest BCUT2D eigenvalue weighted by molar-refractivity contribution is 0.868. The summed E-state index contributed by atoms with van der Waals surface area (Å²) in [4.78, 5) is 15.5. The van der Waals surface area contributed by atoms with Crippen molar-refractivity contribution < 1.29 is 0 Å². The smallest absolute Gasteiger partial charge is 0.258 e. The van der Waals surface area contributed by atoms with Crippen molar-refractivity contribution in [1.82, 2.24) is 9.38 Å². The van der Waals surface area contributed by atoms with Crippen LogP contribution in [0.4, 0.5) is 0 Å². The van der Waals surface area contributed by atoms with Gasteiger partial charge in [0.05, 0.1) is 10.9 Å². The molecule has 4 aromatic rings. The molecule has 2 aromatic heterocycles. The van der Waals surface area contributed by atoms with E-state index >= 15 is 0 Å². The average Bonchev–Trinajstić information content (AvgIpc) is 3.00. The van der Waals surface area contributed by atoms with Gasteiger partial charge < -0.3 is 9.38 Å². The van der Waals surface area contributed by atoms with Crippen molar-refractivity contribution in [3.8, 4) is 17.2 Å². The number of aromatic nitrogens is 2. The molecule has 4 nitrogen and oxygen atoms in total. The van der Waals surface area contributed by atoms with Crippen LogP contribution in [0, 0.1) is 11.3 Å². The van der Waals surface area contributed by atoms with Gasteiger partial charge in [0.1, 0.15) is 17.3 Å². The summed E-state index contributed by atoms with van der Waals surface area (Å²) in [5, 5.41) is 10.3. The maximum atomic E-state index is 12.6. The molecule has 0 radical (unpaired) electrons. The van der Waals surface area contributed by atoms with E-state index in [0.29, 0.717) is 22.5 Å². The van der Waals surface area contributed by atoms with Crippen molar-refractivity contribution in [2.75, 3.05) is 0 Å². The second-order valence-electron chi connectivity index (χ2n) is 6.50. The number of aromatic amines is 1. The summed E-state index contributed by atoms with van der Waals surface area (Å²) in [5.74, 6) is 0.346. The Balaban J connectivity index is 2.11. The van der Waals surface area contributed by atoms with Gasteiger partial charge in [-0.1, -0.05) is 50.2 Å². The number of hydrogen-bond acceptors (Lipinski definition) is 2. The molecule has 0 aliphatic carbocycles. The van der Waals surface area contributed by atoms with E-state index in [2.05, 4.69) is 24.9 Å². The first-order valence-corrected chi connectivity index (χ1v) is 8.26. The molecule has 0 atom stereocenters. The normalized spacial score (nSPS) is 11.3. The van der Waals surface area contributed by atoms with Crippen LogP contribution in [-0.2, 0) is 0 Å². The molecule has 0 fully saturated rings. The summed E-state index contributed by atoms with van der Waals surface area (Å²) in [7, 11) is 0. The number of hydrogen-bond donors (Lipinski definition) is 1. The van der Waals surface area contributed by atoms with Crippen LogP contribution in [0.3, 0.4) is 0 Å². The predicted octanol–water partition coefficient (Wildman–Crippen LogP) is 4.44. The van der Waals surface area contributed by atoms with Gasteiger partial charge in [-0.15, -0.1) is 0 Å². The molecular formula is C21H17N3O. The van der Waals surface area contributed by atoms with Crippen molar-refractivity contribution in [3.63, 3.8) is 0 Å². The minimum Gasteiger partial charge on any atom is -0.306 e. The van der Waals surface area contributed by atoms with Crippen LogP contribution in [0.25, 0.3) is 27.7 Å². The van der Waals surface area contributed by atoms with Gasteiger partial charge in [-0.2, -0.15) is 5.26 Å². The Kier molecular flexibility index (Phi) is 3.43. The fourth-order valence-electron chi connectivity index (χ4n) is 3.25. The van der Waals surface area contributed by atoms with Gasteiger partial charge in [0.15, 0.2) is 0 Å². The Bertz CT molecular complexity index is 1190. The van der Waals surface area contributed by atoms with Gasteiger partial charge in [0.2, 0.25) is 0 Å². The van der Waals surface area contributed by atoms with Gasteiger partial charge in [0.25, 0.3) is 5.56 Å². The molecule has 0 saturated carbocycles. The SMILES string of the molecule is CC(C)c1ccc2c(c1)c(=O)[nH]c1c(C#N)c(-c3ccccc3)cn12. The fraction of sp³-hybridized carbons (Fsp3) is 0.143. The van der Waals surface area contributed by atoms with Crippen LogP contribution in [0.15, 0.2) is 59.5 Å². The minimum atomic E-state index is -0.167. The second kappa shape index (κ2) is 5.64. The third-order valence-corrected chi connectivity index (χ3v) is 4.63. The summed E-state index contributed by atoms with van der Waals surface area (Å²) in [6, 6.07) is 17.9. The highest BCUT2D eigenvalue weighted by atomic mass is 16.1. The lowest BCUT2D eigenvalue weighted by Crippen LogP contribution is -2.10. The zero-order chi connectivity index (χ0) is 17.6. The number of nitrogens with zero attached hydrogens (tertiary/aromatic N) is 2. The first-order chi connectivity index (χ1) is 12.1. The van der Waals surface area contributed by atoms with Crippen molar-refractivity contribution in [2.45, 2.75) is 19.8 Å². The number of fused-ring (bicyclic) bond motifs is 3. The average molecular weight is 327 g/mol. The summed E-state index contributed by atoms with van der Waals surface area (Å²) in [5.41, 5.74) is 4.55. The summed E-state index contributed by atoms with van der Waals surface area (Å²) in [6.45, 7) is 4.20. The third-order valence-electron chi connectivity index (χ3n) is 4.63. The van der Waals surface area contributed by atoms with E-state index in [9.17, 15) is 10.1 Å². The van der Waals surface area contributed by atoms with E-state index in [4.69, 9.17) is 0 Å². The van der Waals surface area contributed by atoms with E-state index in [-0.39, 0.29) is 5.56 Å². The topological polar surface area (TPSA) is 61.1 Å². The molecule has 0 amide bonds. The lowest BCUT2D eigenvalue weighted by atomic mass is 10.0. The van der Waals surface area contributed by atoms with Crippen LogP contribution in [0.1, 0.15) is 30.9 Å². The Labute approximate surface area is 145 Å². The number of nitrogens with one attached hydrogen (secondary N) is 1. The summed E-state index contributed by atoms with van der Waals surface area (Å²) >= 11 is 0. The van der Waals surface area contributed by atoms with Crippen molar-refractivity contribution in [3.05, 3.63) is 76.2 Å². The number of rotatable bonds is 2. The Morgan fingerprint density at radius 2 is 1.88 bits per heavy atom. The molecule has 4 heteroatoms. The molecule has 2 aromatic carbocycles. The highest BCUT2D eigenvalue weighted by Gasteiger charge is 2.16. The maximum Gasteiger partial charge on any atom is 0.258 e. The van der Waals surface area contributed by atoms with Crippen molar-refractivity contribution in [1.29, 1.82) is 5.26 Å². The van der Waals surface area contributed by atoms with E-state index in [1.54, 1.807) is 0 Å². The molecule has 0 aliphatic rings. The molecule has 0 bridgehead atoms. The van der Waals surface area contributed by atoms with Gasteiger partial charge in [0, 0.05) is 11.8 Å². The highest BCUT2D eigenvalue weighted by molar-refractivity contribution is 5.87. The molecule has 0 unspecified atom stereocenters. The van der Waals surface area contributed by atoms with Gasteiger partial charge in [-0.3, -0.25) is 4.79 Å². The zero-order valence-corrected chi connectivity index (χ0v) is 14.1. The standard InChI is InChI=1S/C21H17N3O/c1-13(2)15-8-9-19-16(10-15)21(25)23-20-17(11-22)18(12-24(19)20)14-6-4-3-5-7-14/h3-10,12-13H,1-2H3,(H,23,25). The number of nitriles is 1. The van der Waals surface area contributed by atoms with E-state index in [0.717, 1.165) is 22.2 Å². The molecule has 0 aliphatic heterocycles. The fourth-order valence-corrected chi connectivity index (χ4v) is 3.25. The first-order valence-electron chi connectivity index (χ1n) is 8.26. The van der Waals surface area contributed by atoms with E-state index < -0.39 is 0 Å². The summed E-state index contributed by atoms with van der Waals surface area (Å²) < 4.78 is 1.90. The number of H-pyrrole nitrogens is 1. The molecule has 0 spiro atoms. The zero-order valence-electron chi connectivity index (χ0n) is 14.1. The molecule has 0 saturated heterocycles. The molecule has 25 heavy (non-hydrogen) atoms. The van der Waals surface area contributed by atoms with Crippen LogP contribution in [0.5, 0.6) is 0 Å². The minimum absolute atomic E-state index is 0.167. The molecule has 2 heterocycles. The second-order valence-corrected chi connectivity index (χ2v) is 6.50. The first kappa shape index (κ1) is 15.2. The maximum absolute atomic E-state index is 12.6. The van der Waals surface area contributed by atoms with Gasteiger partial charge in [-0.05, 0) is 29.2 Å². The van der Waals surface area contributed by atoms with Gasteiger partial charge in [-0.25, -0.2) is 0 Å². The van der Waals surface area contributed by atoms with Crippen molar-refractivity contribution >= 4 is 16.6 Å². The van der Waals surface area contributed by atoms with Crippen LogP contribution < -0.4 is 5.56 Å². The van der Waals surface area contributed by atoms with Crippen LogP contribution in [-0.4, -0.2) is 9.38 Å². The largest absolute Gasteiger partial charge is 0.306 e. The lowest BCUT2D eigenvalue weighted by Gasteiger charge is -2.08. The number of benzene rings is 2. The Hall–Kier alpha value is -3.32. The summed E-state index contributed by atoms with van der Waals surface area (Å²) in [6.07, 6.45) is 1.93.